The molecule has 0 aliphatic heterocycles. The van der Waals surface area contributed by atoms with Gasteiger partial charge in [0.1, 0.15) is 17.3 Å². The second-order valence-electron chi connectivity index (χ2n) is 5.50. The van der Waals surface area contributed by atoms with E-state index >= 15 is 0 Å². The number of Topliss-reactive ketones (excluding diaryl/α,β-unsaturated/α-hetero) is 1. The van der Waals surface area contributed by atoms with E-state index in [-0.39, 0.29) is 17.5 Å². The summed E-state index contributed by atoms with van der Waals surface area (Å²) in [5, 5.41) is 0. The van der Waals surface area contributed by atoms with Gasteiger partial charge in [0.2, 0.25) is 0 Å². The Morgan fingerprint density at radius 1 is 1.14 bits per heavy atom. The number of allylic oxidation sites excluding steroid dienone is 2. The first-order chi connectivity index (χ1) is 10.7. The molecule has 3 heteroatoms. The molecule has 0 fully saturated rings. The number of ether oxygens (including phenoxy) is 1. The number of carbonyl (C=O) groups is 1. The van der Waals surface area contributed by atoms with Crippen LogP contribution in [0.15, 0.2) is 54.6 Å². The Balaban J connectivity index is 1.96. The van der Waals surface area contributed by atoms with Gasteiger partial charge in [0.05, 0.1) is 7.11 Å². The highest BCUT2D eigenvalue weighted by atomic mass is 19.1. The molecule has 1 aliphatic carbocycles. The summed E-state index contributed by atoms with van der Waals surface area (Å²) in [5.74, 6) is 0.718. The summed E-state index contributed by atoms with van der Waals surface area (Å²) in [6.07, 6.45) is 3.02. The minimum absolute atomic E-state index is 0.00283. The van der Waals surface area contributed by atoms with Gasteiger partial charge in [-0.3, -0.25) is 4.79 Å². The molecule has 112 valence electrons. The molecule has 1 aliphatic rings. The fourth-order valence-electron chi connectivity index (χ4n) is 2.84. The van der Waals surface area contributed by atoms with Gasteiger partial charge in [-0.25, -0.2) is 4.39 Å². The van der Waals surface area contributed by atoms with Crippen LogP contribution in [0.5, 0.6) is 5.75 Å². The molecule has 2 aromatic carbocycles. The van der Waals surface area contributed by atoms with Gasteiger partial charge in [-0.15, -0.1) is 0 Å². The van der Waals surface area contributed by atoms with Gasteiger partial charge in [-0.1, -0.05) is 30.3 Å². The van der Waals surface area contributed by atoms with Crippen LogP contribution in [0, 0.1) is 5.82 Å². The van der Waals surface area contributed by atoms with Gasteiger partial charge in [-0.05, 0) is 41.0 Å². The summed E-state index contributed by atoms with van der Waals surface area (Å²) in [7, 11) is 1.63. The van der Waals surface area contributed by atoms with Crippen LogP contribution in [0.2, 0.25) is 0 Å². The predicted molar refractivity (Wildman–Crippen MR) is 84.4 cm³/mol. The van der Waals surface area contributed by atoms with E-state index in [1.54, 1.807) is 19.2 Å². The SMILES string of the molecule is COc1cccc(C2=CC(c3ccc(F)cc3)CC(=O)C2)c1. The molecule has 0 saturated heterocycles. The molecule has 0 bridgehead atoms. The van der Waals surface area contributed by atoms with Crippen LogP contribution >= 0.6 is 0 Å². The zero-order valence-electron chi connectivity index (χ0n) is 12.4. The third-order valence-corrected chi connectivity index (χ3v) is 3.98. The largest absolute Gasteiger partial charge is 0.497 e. The number of hydrogen-bond donors (Lipinski definition) is 0. The third-order valence-electron chi connectivity index (χ3n) is 3.98. The summed E-state index contributed by atoms with van der Waals surface area (Å²) in [4.78, 5) is 12.1. The molecule has 2 nitrogen and oxygen atoms in total. The van der Waals surface area contributed by atoms with Crippen molar-refractivity contribution in [2.24, 2.45) is 0 Å². The molecule has 0 radical (unpaired) electrons. The van der Waals surface area contributed by atoms with E-state index in [1.807, 2.05) is 24.3 Å². The second-order valence-corrected chi connectivity index (χ2v) is 5.50. The third kappa shape index (κ3) is 3.08. The molecule has 1 unspecified atom stereocenters. The van der Waals surface area contributed by atoms with Gasteiger partial charge < -0.3 is 4.74 Å². The number of benzene rings is 2. The summed E-state index contributed by atoms with van der Waals surface area (Å²) in [6, 6.07) is 14.1. The lowest BCUT2D eigenvalue weighted by atomic mass is 9.82. The summed E-state index contributed by atoms with van der Waals surface area (Å²) < 4.78 is 18.3. The van der Waals surface area contributed by atoms with E-state index in [2.05, 4.69) is 6.08 Å². The van der Waals surface area contributed by atoms with Gasteiger partial charge >= 0.3 is 0 Å². The smallest absolute Gasteiger partial charge is 0.138 e. The standard InChI is InChI=1S/C19H17FO2/c1-22-19-4-2-3-14(12-19)16-9-15(10-18(21)11-16)13-5-7-17(20)8-6-13/h2-9,12,15H,10-11H2,1H3. The molecule has 1 atom stereocenters. The lowest BCUT2D eigenvalue weighted by molar-refractivity contribution is -0.118. The van der Waals surface area contributed by atoms with E-state index in [0.717, 1.165) is 22.4 Å². The molecule has 0 saturated carbocycles. The molecular weight excluding hydrogens is 279 g/mol. The molecule has 0 heterocycles. The van der Waals surface area contributed by atoms with Crippen molar-refractivity contribution < 1.29 is 13.9 Å². The molecule has 0 aromatic heterocycles. The highest BCUT2D eigenvalue weighted by molar-refractivity contribution is 5.93. The van der Waals surface area contributed by atoms with Crippen molar-refractivity contribution in [3.05, 3.63) is 71.6 Å². The topological polar surface area (TPSA) is 26.3 Å². The van der Waals surface area contributed by atoms with Gasteiger partial charge in [0, 0.05) is 18.8 Å². The summed E-state index contributed by atoms with van der Waals surface area (Å²) in [6.45, 7) is 0. The quantitative estimate of drug-likeness (QED) is 0.841. The summed E-state index contributed by atoms with van der Waals surface area (Å²) in [5.41, 5.74) is 2.97. The van der Waals surface area contributed by atoms with E-state index in [4.69, 9.17) is 4.74 Å². The minimum Gasteiger partial charge on any atom is -0.497 e. The number of methoxy groups -OCH3 is 1. The van der Waals surface area contributed by atoms with E-state index in [1.165, 1.54) is 12.1 Å². The van der Waals surface area contributed by atoms with Gasteiger partial charge in [0.15, 0.2) is 0 Å². The lowest BCUT2D eigenvalue weighted by Gasteiger charge is -2.21. The zero-order chi connectivity index (χ0) is 15.5. The van der Waals surface area contributed by atoms with Crippen molar-refractivity contribution in [3.8, 4) is 5.75 Å². The number of carbonyl (C=O) groups excluding carboxylic acids is 1. The molecule has 22 heavy (non-hydrogen) atoms. The number of rotatable bonds is 3. The summed E-state index contributed by atoms with van der Waals surface area (Å²) >= 11 is 0. The molecular formula is C19H17FO2. The Morgan fingerprint density at radius 2 is 1.91 bits per heavy atom. The van der Waals surface area contributed by atoms with Crippen LogP contribution in [0.4, 0.5) is 4.39 Å². The Hall–Kier alpha value is -2.42. The van der Waals surface area contributed by atoms with Crippen molar-refractivity contribution in [1.29, 1.82) is 0 Å². The minimum atomic E-state index is -0.261. The van der Waals surface area contributed by atoms with Crippen LogP contribution < -0.4 is 4.74 Å². The maximum Gasteiger partial charge on any atom is 0.138 e. The second kappa shape index (κ2) is 6.14. The highest BCUT2D eigenvalue weighted by Crippen LogP contribution is 2.34. The van der Waals surface area contributed by atoms with Crippen molar-refractivity contribution >= 4 is 11.4 Å². The Kier molecular flexibility index (Phi) is 4.05. The van der Waals surface area contributed by atoms with Crippen molar-refractivity contribution in [2.45, 2.75) is 18.8 Å². The lowest BCUT2D eigenvalue weighted by Crippen LogP contribution is -2.12. The number of halogens is 1. The van der Waals surface area contributed by atoms with Crippen molar-refractivity contribution in [1.82, 2.24) is 0 Å². The first-order valence-electron chi connectivity index (χ1n) is 7.28. The Morgan fingerprint density at radius 3 is 2.64 bits per heavy atom. The van der Waals surface area contributed by atoms with Crippen molar-refractivity contribution in [2.75, 3.05) is 7.11 Å². The van der Waals surface area contributed by atoms with Crippen LogP contribution in [-0.4, -0.2) is 12.9 Å². The monoisotopic (exact) mass is 296 g/mol. The van der Waals surface area contributed by atoms with Crippen LogP contribution in [0.25, 0.3) is 5.57 Å². The highest BCUT2D eigenvalue weighted by Gasteiger charge is 2.22. The van der Waals surface area contributed by atoms with Gasteiger partial charge in [0.25, 0.3) is 0 Å². The molecule has 0 amide bonds. The van der Waals surface area contributed by atoms with E-state index < -0.39 is 0 Å². The Bertz CT molecular complexity index is 716. The van der Waals surface area contributed by atoms with E-state index in [9.17, 15) is 9.18 Å². The van der Waals surface area contributed by atoms with E-state index in [0.29, 0.717) is 12.8 Å². The molecule has 3 rings (SSSR count). The first-order valence-corrected chi connectivity index (χ1v) is 7.28. The number of hydrogen-bond acceptors (Lipinski definition) is 2. The Labute approximate surface area is 129 Å². The molecule has 0 N–H and O–H groups in total. The average Bonchev–Trinajstić information content (AvgIpc) is 2.55. The average molecular weight is 296 g/mol. The fourth-order valence-corrected chi connectivity index (χ4v) is 2.84. The first kappa shape index (κ1) is 14.5. The van der Waals surface area contributed by atoms with Crippen LogP contribution in [0.3, 0.4) is 0 Å². The fraction of sp³-hybridized carbons (Fsp3) is 0.211. The zero-order valence-corrected chi connectivity index (χ0v) is 12.4. The van der Waals surface area contributed by atoms with Crippen LogP contribution in [-0.2, 0) is 4.79 Å². The van der Waals surface area contributed by atoms with Crippen LogP contribution in [0.1, 0.15) is 29.9 Å². The predicted octanol–water partition coefficient (Wildman–Crippen LogP) is 4.36. The maximum absolute atomic E-state index is 13.1. The normalized spacial score (nSPS) is 18.0. The molecule has 2 aromatic rings. The molecule has 0 spiro atoms. The number of ketones is 1. The van der Waals surface area contributed by atoms with Gasteiger partial charge in [-0.2, -0.15) is 0 Å². The maximum atomic E-state index is 13.1. The van der Waals surface area contributed by atoms with Crippen molar-refractivity contribution in [3.63, 3.8) is 0 Å².